The zero-order valence-electron chi connectivity index (χ0n) is 28.7. The Morgan fingerprint density at radius 3 is 2.49 bits per heavy atom. The predicted molar refractivity (Wildman–Crippen MR) is 168 cm³/mol. The molecule has 1 aromatic carbocycles. The summed E-state index contributed by atoms with van der Waals surface area (Å²) in [6, 6.07) is 6.19. The summed E-state index contributed by atoms with van der Waals surface area (Å²) < 4.78 is 29.6. The quantitative estimate of drug-likeness (QED) is 0.250. The summed E-state index contributed by atoms with van der Waals surface area (Å²) >= 11 is 1.36. The molecule has 0 bridgehead atoms. The number of carboxylic acids is 1. The molecular weight excluding hydrogens is 564 g/mol. The topological polar surface area (TPSA) is 107 Å². The van der Waals surface area contributed by atoms with Gasteiger partial charge in [-0.15, -0.1) is 11.3 Å². The number of aryl methyl sites for hydroxylation is 1. The van der Waals surface area contributed by atoms with Crippen molar-refractivity contribution in [2.24, 2.45) is 11.8 Å². The minimum absolute atomic E-state index is 0.0955. The molecule has 0 saturated carbocycles. The van der Waals surface area contributed by atoms with Crippen molar-refractivity contribution >= 4 is 23.2 Å². The Bertz CT molecular complexity index is 1520. The molecule has 3 heterocycles. The fraction of sp³-hybridized carbons (Fsp3) is 0.576. The Hall–Kier alpha value is -3.24. The average Bonchev–Trinajstić information content (AvgIpc) is 3.71. The number of hydrogen-bond donors (Lipinski definition) is 1. The van der Waals surface area contributed by atoms with Crippen molar-refractivity contribution in [3.05, 3.63) is 63.9 Å². The number of carbonyl (C=O) groups excluding carboxylic acids is 1. The van der Waals surface area contributed by atoms with E-state index in [0.29, 0.717) is 5.01 Å². The van der Waals surface area contributed by atoms with E-state index in [4.69, 9.17) is 12.2 Å². The highest BCUT2D eigenvalue weighted by atomic mass is 32.1. The molecule has 0 spiro atoms. The molecule has 1 fully saturated rings. The van der Waals surface area contributed by atoms with Gasteiger partial charge in [-0.2, -0.15) is 5.10 Å². The van der Waals surface area contributed by atoms with Crippen LogP contribution in [0.2, 0.25) is 0 Å². The van der Waals surface area contributed by atoms with Gasteiger partial charge in [-0.3, -0.25) is 9.48 Å². The molecule has 3 aromatic rings. The average molecular weight is 613 g/mol. The number of aromatic nitrogens is 3. The molecule has 1 aliphatic heterocycles. The zero-order valence-corrected chi connectivity index (χ0v) is 27.5. The molecular formula is C33H46N4O5S. The number of nitrogens with zero attached hydrogens (tertiary/aromatic N) is 4. The second kappa shape index (κ2) is 12.4. The first-order valence-electron chi connectivity index (χ1n) is 15.8. The van der Waals surface area contributed by atoms with Crippen LogP contribution in [0.3, 0.4) is 0 Å². The number of benzene rings is 1. The van der Waals surface area contributed by atoms with Gasteiger partial charge in [0.25, 0.3) is 5.91 Å². The van der Waals surface area contributed by atoms with Crippen LogP contribution in [0.5, 0.6) is 5.75 Å². The summed E-state index contributed by atoms with van der Waals surface area (Å²) in [6.45, 7) is 13.3. The maximum absolute atomic E-state index is 15.0. The summed E-state index contributed by atoms with van der Waals surface area (Å²) in [7, 11) is 1.56. The van der Waals surface area contributed by atoms with Crippen LogP contribution in [0.4, 0.5) is 0 Å². The summed E-state index contributed by atoms with van der Waals surface area (Å²) in [5.74, 6) is -1.63. The SMILES string of the molecule is [2H]C([2H])(C)Oc1cc(C(=O)N2[C@@H](c3nccs3)[C@@H](COC)C[C@]2(C(=O)O)C(C)(C)n2ccc(C)n2)ccc1C(C)(CC)C(C)C. The van der Waals surface area contributed by atoms with Gasteiger partial charge in [-0.05, 0) is 70.1 Å². The third-order valence-corrected chi connectivity index (χ3v) is 10.6. The fourth-order valence-corrected chi connectivity index (χ4v) is 7.50. The second-order valence-electron chi connectivity index (χ2n) is 12.5. The zero-order chi connectivity index (χ0) is 33.5. The Kier molecular flexibility index (Phi) is 8.60. The Morgan fingerprint density at radius 2 is 1.98 bits per heavy atom. The molecule has 2 aromatic heterocycles. The molecule has 9 nitrogen and oxygen atoms in total. The number of methoxy groups -OCH3 is 1. The highest BCUT2D eigenvalue weighted by Crippen LogP contribution is 2.55. The maximum atomic E-state index is 15.0. The summed E-state index contributed by atoms with van der Waals surface area (Å²) in [5.41, 5.74) is -1.64. The molecule has 1 unspecified atom stereocenters. The van der Waals surface area contributed by atoms with Crippen LogP contribution >= 0.6 is 11.3 Å². The standard InChI is InChI=1S/C33H46N4O5S/c1-10-32(8,21(3)4)25-13-12-23(18-26(25)42-11-2)29(38)37-27(28-34-15-17-43-28)24(20-41-9)19-33(37,30(39)40)31(6,7)36-16-14-22(5)35-36/h12-18,21,24,27H,10-11,19-20H2,1-9H3,(H,39,40)/t24-,27-,32?,33+/m1/s1/i11D2. The molecule has 234 valence electrons. The van der Waals surface area contributed by atoms with Gasteiger partial charge in [0.15, 0.2) is 5.54 Å². The molecule has 1 N–H and O–H groups in total. The lowest BCUT2D eigenvalue weighted by Gasteiger charge is -2.47. The lowest BCUT2D eigenvalue weighted by atomic mass is 9.71. The highest BCUT2D eigenvalue weighted by Gasteiger charge is 2.67. The number of carbonyl (C=O) groups is 2. The van der Waals surface area contributed by atoms with Gasteiger partial charge in [0, 0.05) is 41.9 Å². The summed E-state index contributed by atoms with van der Waals surface area (Å²) in [5, 5.41) is 18.2. The van der Waals surface area contributed by atoms with Gasteiger partial charge in [0.2, 0.25) is 0 Å². The van der Waals surface area contributed by atoms with E-state index in [1.165, 1.54) is 23.2 Å². The Balaban J connectivity index is 2.00. The van der Waals surface area contributed by atoms with Crippen molar-refractivity contribution in [1.29, 1.82) is 0 Å². The van der Waals surface area contributed by atoms with Crippen LogP contribution in [0.25, 0.3) is 0 Å². The van der Waals surface area contributed by atoms with E-state index in [1.54, 1.807) is 50.2 Å². The largest absolute Gasteiger partial charge is 0.494 e. The van der Waals surface area contributed by atoms with Gasteiger partial charge in [-0.1, -0.05) is 33.8 Å². The first kappa shape index (κ1) is 29.8. The lowest BCUT2D eigenvalue weighted by Crippen LogP contribution is -2.66. The lowest BCUT2D eigenvalue weighted by molar-refractivity contribution is -0.156. The van der Waals surface area contributed by atoms with E-state index >= 15 is 4.79 Å². The molecule has 4 atom stereocenters. The minimum atomic E-state index is -2.02. The first-order chi connectivity index (χ1) is 20.9. The van der Waals surface area contributed by atoms with E-state index < -0.39 is 35.6 Å². The Labute approximate surface area is 262 Å². The number of amides is 1. The van der Waals surface area contributed by atoms with Crippen molar-refractivity contribution in [1.82, 2.24) is 19.7 Å². The summed E-state index contributed by atoms with van der Waals surface area (Å²) in [6.07, 6.45) is 4.25. The molecule has 4 rings (SSSR count). The second-order valence-corrected chi connectivity index (χ2v) is 13.4. The van der Waals surface area contributed by atoms with Gasteiger partial charge in [-0.25, -0.2) is 9.78 Å². The normalized spacial score (nSPS) is 23.2. The van der Waals surface area contributed by atoms with Gasteiger partial charge in [0.05, 0.1) is 33.2 Å². The fourth-order valence-electron chi connectivity index (χ4n) is 6.68. The number of ether oxygens (including phenoxy) is 2. The van der Waals surface area contributed by atoms with Crippen LogP contribution in [0.15, 0.2) is 42.0 Å². The number of carboxylic acid groups (broad SMARTS) is 1. The molecule has 0 radical (unpaired) electrons. The van der Waals surface area contributed by atoms with E-state index in [2.05, 4.69) is 37.8 Å². The molecule has 10 heteroatoms. The number of likely N-dealkylation sites (tertiary alicyclic amines) is 1. The van der Waals surface area contributed by atoms with Crippen molar-refractivity contribution < 1.29 is 26.9 Å². The molecule has 1 aliphatic rings. The highest BCUT2D eigenvalue weighted by molar-refractivity contribution is 7.09. The molecule has 0 aliphatic carbocycles. The van der Waals surface area contributed by atoms with Crippen molar-refractivity contribution in [2.45, 2.75) is 90.8 Å². The number of hydrogen-bond acceptors (Lipinski definition) is 7. The number of aliphatic carboxylic acids is 1. The van der Waals surface area contributed by atoms with Crippen molar-refractivity contribution in [2.75, 3.05) is 20.3 Å². The van der Waals surface area contributed by atoms with Crippen molar-refractivity contribution in [3.63, 3.8) is 0 Å². The maximum Gasteiger partial charge on any atom is 0.332 e. The van der Waals surface area contributed by atoms with Gasteiger partial charge in [0.1, 0.15) is 10.8 Å². The molecule has 43 heavy (non-hydrogen) atoms. The predicted octanol–water partition coefficient (Wildman–Crippen LogP) is 6.48. The molecule has 1 saturated heterocycles. The first-order valence-corrected chi connectivity index (χ1v) is 15.6. The molecule has 1 amide bonds. The summed E-state index contributed by atoms with van der Waals surface area (Å²) in [4.78, 5) is 34.8. The van der Waals surface area contributed by atoms with Gasteiger partial charge < -0.3 is 19.5 Å². The smallest absolute Gasteiger partial charge is 0.332 e. The van der Waals surface area contributed by atoms with Crippen LogP contribution < -0.4 is 4.74 Å². The Morgan fingerprint density at radius 1 is 1.26 bits per heavy atom. The van der Waals surface area contributed by atoms with E-state index in [9.17, 15) is 9.90 Å². The van der Waals surface area contributed by atoms with E-state index in [1.807, 2.05) is 24.4 Å². The van der Waals surface area contributed by atoms with E-state index in [0.717, 1.165) is 17.7 Å². The number of rotatable bonds is 12. The van der Waals surface area contributed by atoms with Crippen LogP contribution in [0, 0.1) is 18.8 Å². The van der Waals surface area contributed by atoms with Crippen molar-refractivity contribution in [3.8, 4) is 5.75 Å². The monoisotopic (exact) mass is 612 g/mol. The van der Waals surface area contributed by atoms with Crippen LogP contribution in [-0.2, 0) is 20.5 Å². The number of thiazole rings is 1. The van der Waals surface area contributed by atoms with E-state index in [-0.39, 0.29) is 41.6 Å². The van der Waals surface area contributed by atoms with Gasteiger partial charge >= 0.3 is 5.97 Å². The third kappa shape index (κ3) is 5.37. The minimum Gasteiger partial charge on any atom is -0.494 e. The van der Waals surface area contributed by atoms with Crippen LogP contribution in [-0.4, -0.2) is 62.5 Å². The van der Waals surface area contributed by atoms with Crippen LogP contribution in [0.1, 0.15) is 96.7 Å². The third-order valence-electron chi connectivity index (χ3n) is 9.72.